The number of anilines is 2. The molecule has 2 heterocycles. The highest BCUT2D eigenvalue weighted by Crippen LogP contribution is 2.30. The lowest BCUT2D eigenvalue weighted by atomic mass is 10.2. The van der Waals surface area contributed by atoms with Crippen molar-refractivity contribution in [2.24, 2.45) is 0 Å². The zero-order chi connectivity index (χ0) is 20.9. The van der Waals surface area contributed by atoms with Crippen LogP contribution in [-0.2, 0) is 17.9 Å². The third-order valence-corrected chi connectivity index (χ3v) is 6.28. The van der Waals surface area contributed by atoms with Gasteiger partial charge in [0, 0.05) is 51.6 Å². The van der Waals surface area contributed by atoms with Crippen LogP contribution in [0, 0.1) is 6.92 Å². The number of benzene rings is 2. The van der Waals surface area contributed by atoms with Crippen LogP contribution in [0.4, 0.5) is 10.8 Å². The van der Waals surface area contributed by atoms with Crippen LogP contribution in [0.5, 0.6) is 0 Å². The van der Waals surface area contributed by atoms with E-state index in [1.165, 1.54) is 16.9 Å². The number of carbonyl (C=O) groups is 1. The molecule has 4 rings (SSSR count). The van der Waals surface area contributed by atoms with Gasteiger partial charge in [0.05, 0.1) is 11.4 Å². The zero-order valence-corrected chi connectivity index (χ0v) is 18.4. The third kappa shape index (κ3) is 5.14. The molecule has 2 aromatic carbocycles. The molecule has 1 saturated heterocycles. The van der Waals surface area contributed by atoms with Crippen molar-refractivity contribution in [2.45, 2.75) is 26.9 Å². The first-order valence-electron chi connectivity index (χ1n) is 10.4. The quantitative estimate of drug-likeness (QED) is 0.591. The molecule has 0 atom stereocenters. The predicted octanol–water partition coefficient (Wildman–Crippen LogP) is 4.45. The van der Waals surface area contributed by atoms with Crippen LogP contribution in [0.3, 0.4) is 0 Å². The molecular weight excluding hydrogens is 392 g/mol. The van der Waals surface area contributed by atoms with Crippen molar-refractivity contribution < 1.29 is 4.79 Å². The van der Waals surface area contributed by atoms with Gasteiger partial charge in [-0.2, -0.15) is 0 Å². The number of carbonyl (C=O) groups excluding carboxylic acids is 1. The van der Waals surface area contributed by atoms with Gasteiger partial charge in [-0.15, -0.1) is 11.3 Å². The highest BCUT2D eigenvalue weighted by molar-refractivity contribution is 7.14. The van der Waals surface area contributed by atoms with Gasteiger partial charge in [0.25, 0.3) is 0 Å². The normalized spacial score (nSPS) is 15.3. The number of piperazine rings is 1. The molecule has 1 fully saturated rings. The second-order valence-corrected chi connectivity index (χ2v) is 8.69. The van der Waals surface area contributed by atoms with Crippen LogP contribution in [0.1, 0.15) is 23.7 Å². The molecule has 0 saturated carbocycles. The average Bonchev–Trinajstić information content (AvgIpc) is 3.18. The Morgan fingerprint density at radius 2 is 1.70 bits per heavy atom. The summed E-state index contributed by atoms with van der Waals surface area (Å²) >= 11 is 1.53. The molecule has 5 nitrogen and oxygen atoms in total. The molecule has 0 unspecified atom stereocenters. The van der Waals surface area contributed by atoms with Gasteiger partial charge in [-0.3, -0.25) is 19.5 Å². The summed E-state index contributed by atoms with van der Waals surface area (Å²) in [5, 5.41) is 2.82. The van der Waals surface area contributed by atoms with Crippen molar-refractivity contribution in [3.05, 3.63) is 76.8 Å². The largest absolute Gasteiger partial charge is 0.297 e. The van der Waals surface area contributed by atoms with E-state index in [2.05, 4.69) is 45.5 Å². The van der Waals surface area contributed by atoms with Gasteiger partial charge in [-0.1, -0.05) is 42.5 Å². The van der Waals surface area contributed by atoms with Crippen molar-refractivity contribution in [1.82, 2.24) is 14.8 Å². The fourth-order valence-corrected chi connectivity index (χ4v) is 4.72. The summed E-state index contributed by atoms with van der Waals surface area (Å²) in [6, 6.07) is 18.7. The molecule has 1 aliphatic heterocycles. The minimum Gasteiger partial charge on any atom is -0.297 e. The van der Waals surface area contributed by atoms with Crippen molar-refractivity contribution in [1.29, 1.82) is 0 Å². The van der Waals surface area contributed by atoms with Gasteiger partial charge in [-0.25, -0.2) is 4.98 Å². The fraction of sp³-hybridized carbons (Fsp3) is 0.333. The molecule has 3 aromatic rings. The minimum absolute atomic E-state index is 0.0176. The van der Waals surface area contributed by atoms with Crippen molar-refractivity contribution in [2.75, 3.05) is 31.1 Å². The summed E-state index contributed by atoms with van der Waals surface area (Å²) in [7, 11) is 0. The maximum atomic E-state index is 12.3. The first-order valence-corrected chi connectivity index (χ1v) is 11.3. The highest BCUT2D eigenvalue weighted by Gasteiger charge is 2.21. The van der Waals surface area contributed by atoms with Crippen molar-refractivity contribution in [3.63, 3.8) is 0 Å². The summed E-state index contributed by atoms with van der Waals surface area (Å²) in [6.07, 6.45) is 0. The first-order chi connectivity index (χ1) is 14.6. The summed E-state index contributed by atoms with van der Waals surface area (Å²) in [5.41, 5.74) is 4.41. The zero-order valence-electron chi connectivity index (χ0n) is 17.6. The fourth-order valence-electron chi connectivity index (χ4n) is 3.84. The van der Waals surface area contributed by atoms with E-state index in [-0.39, 0.29) is 5.91 Å². The van der Waals surface area contributed by atoms with E-state index in [0.717, 1.165) is 61.3 Å². The van der Waals surface area contributed by atoms with Gasteiger partial charge in [0.15, 0.2) is 5.13 Å². The second kappa shape index (κ2) is 9.51. The van der Waals surface area contributed by atoms with E-state index in [4.69, 9.17) is 4.98 Å². The minimum atomic E-state index is -0.0176. The van der Waals surface area contributed by atoms with E-state index in [0.29, 0.717) is 0 Å². The Kier molecular flexibility index (Phi) is 6.57. The highest BCUT2D eigenvalue weighted by atomic mass is 32.1. The summed E-state index contributed by atoms with van der Waals surface area (Å²) < 4.78 is 0. The molecule has 0 radical (unpaired) electrons. The van der Waals surface area contributed by atoms with E-state index in [1.807, 2.05) is 31.2 Å². The first kappa shape index (κ1) is 20.7. The Bertz CT molecular complexity index is 980. The Labute approximate surface area is 182 Å². The molecule has 30 heavy (non-hydrogen) atoms. The SMILES string of the molecule is CC(=O)N(c1cccc(C)c1)c1nc(CN2CCN(Cc3ccccc3)CC2)cs1. The number of thiazole rings is 1. The number of rotatable bonds is 6. The van der Waals surface area contributed by atoms with Crippen LogP contribution in [-0.4, -0.2) is 46.9 Å². The number of amides is 1. The topological polar surface area (TPSA) is 39.7 Å². The summed E-state index contributed by atoms with van der Waals surface area (Å²) in [4.78, 5) is 23.8. The molecule has 0 bridgehead atoms. The second-order valence-electron chi connectivity index (χ2n) is 7.85. The molecule has 6 heteroatoms. The number of aromatic nitrogens is 1. The molecule has 0 N–H and O–H groups in total. The Balaban J connectivity index is 1.36. The summed E-state index contributed by atoms with van der Waals surface area (Å²) in [5.74, 6) is -0.0176. The van der Waals surface area contributed by atoms with Crippen LogP contribution < -0.4 is 4.90 Å². The van der Waals surface area contributed by atoms with E-state index in [9.17, 15) is 4.79 Å². The van der Waals surface area contributed by atoms with Crippen LogP contribution in [0.15, 0.2) is 60.0 Å². The van der Waals surface area contributed by atoms with E-state index in [1.54, 1.807) is 11.8 Å². The van der Waals surface area contributed by atoms with Crippen LogP contribution in [0.2, 0.25) is 0 Å². The Morgan fingerprint density at radius 3 is 2.37 bits per heavy atom. The Morgan fingerprint density at radius 1 is 1.00 bits per heavy atom. The standard InChI is InChI=1S/C24H28N4OS/c1-19-7-6-10-23(15-19)28(20(2)29)24-25-22(18-30-24)17-27-13-11-26(12-14-27)16-21-8-4-3-5-9-21/h3-10,15,18H,11-14,16-17H2,1-2H3. The Hall–Kier alpha value is -2.54. The lowest BCUT2D eigenvalue weighted by Gasteiger charge is -2.34. The number of aryl methyl sites for hydroxylation is 1. The maximum Gasteiger partial charge on any atom is 0.230 e. The van der Waals surface area contributed by atoms with Gasteiger partial charge in [0.2, 0.25) is 5.91 Å². The van der Waals surface area contributed by atoms with Gasteiger partial charge in [0.1, 0.15) is 0 Å². The van der Waals surface area contributed by atoms with E-state index < -0.39 is 0 Å². The van der Waals surface area contributed by atoms with Crippen LogP contribution in [0.25, 0.3) is 0 Å². The predicted molar refractivity (Wildman–Crippen MR) is 123 cm³/mol. The number of hydrogen-bond donors (Lipinski definition) is 0. The molecule has 1 amide bonds. The molecule has 156 valence electrons. The lowest BCUT2D eigenvalue weighted by molar-refractivity contribution is -0.115. The number of hydrogen-bond acceptors (Lipinski definition) is 5. The van der Waals surface area contributed by atoms with Gasteiger partial charge in [-0.05, 0) is 30.2 Å². The number of nitrogens with zero attached hydrogens (tertiary/aromatic N) is 4. The molecule has 0 aliphatic carbocycles. The average molecular weight is 421 g/mol. The molecule has 1 aromatic heterocycles. The molecular formula is C24H28N4OS. The lowest BCUT2D eigenvalue weighted by Crippen LogP contribution is -2.45. The maximum absolute atomic E-state index is 12.3. The molecule has 1 aliphatic rings. The molecule has 0 spiro atoms. The van der Waals surface area contributed by atoms with Crippen molar-refractivity contribution in [3.8, 4) is 0 Å². The monoisotopic (exact) mass is 420 g/mol. The summed E-state index contributed by atoms with van der Waals surface area (Å²) in [6.45, 7) is 9.67. The smallest absolute Gasteiger partial charge is 0.230 e. The van der Waals surface area contributed by atoms with Crippen LogP contribution >= 0.6 is 11.3 Å². The van der Waals surface area contributed by atoms with Gasteiger partial charge < -0.3 is 0 Å². The third-order valence-electron chi connectivity index (χ3n) is 5.41. The van der Waals surface area contributed by atoms with Crippen molar-refractivity contribution >= 4 is 28.1 Å². The van der Waals surface area contributed by atoms with Gasteiger partial charge >= 0.3 is 0 Å². The van der Waals surface area contributed by atoms with E-state index >= 15 is 0 Å².